The van der Waals surface area contributed by atoms with Crippen molar-refractivity contribution in [1.82, 2.24) is 16.0 Å². The van der Waals surface area contributed by atoms with Crippen molar-refractivity contribution in [3.8, 4) is 0 Å². The zero-order valence-electron chi connectivity index (χ0n) is 15.7. The van der Waals surface area contributed by atoms with E-state index < -0.39 is 24.1 Å². The molecule has 1 fully saturated rings. The normalized spacial score (nSPS) is 19.0. The Kier molecular flexibility index (Phi) is 8.22. The van der Waals surface area contributed by atoms with Crippen LogP contribution in [0.25, 0.3) is 0 Å². The molecule has 8 heteroatoms. The molecule has 1 aromatic rings. The van der Waals surface area contributed by atoms with Gasteiger partial charge >= 0.3 is 5.97 Å². The zero-order chi connectivity index (χ0) is 19.6. The third-order valence-corrected chi connectivity index (χ3v) is 4.15. The molecule has 0 saturated carbocycles. The van der Waals surface area contributed by atoms with Crippen LogP contribution < -0.4 is 16.0 Å². The first-order valence-electron chi connectivity index (χ1n) is 9.10. The number of amides is 2. The molecule has 1 aliphatic rings. The van der Waals surface area contributed by atoms with Crippen LogP contribution in [-0.4, -0.2) is 62.8 Å². The lowest BCUT2D eigenvalue weighted by molar-refractivity contribution is -0.143. The lowest BCUT2D eigenvalue weighted by Gasteiger charge is -2.18. The fourth-order valence-corrected chi connectivity index (χ4v) is 2.67. The lowest BCUT2D eigenvalue weighted by Crippen LogP contribution is -2.50. The third kappa shape index (κ3) is 6.65. The molecule has 3 atom stereocenters. The average molecular weight is 377 g/mol. The largest absolute Gasteiger partial charge is 0.465 e. The van der Waals surface area contributed by atoms with E-state index in [4.69, 9.17) is 9.47 Å². The van der Waals surface area contributed by atoms with Gasteiger partial charge in [0.05, 0.1) is 6.61 Å². The summed E-state index contributed by atoms with van der Waals surface area (Å²) in [5.41, 5.74) is 0.931. The molecule has 1 aliphatic heterocycles. The summed E-state index contributed by atoms with van der Waals surface area (Å²) in [4.78, 5) is 36.6. The van der Waals surface area contributed by atoms with E-state index in [1.165, 1.54) is 0 Å². The molecule has 0 bridgehead atoms. The quantitative estimate of drug-likeness (QED) is 0.279. The van der Waals surface area contributed by atoms with Gasteiger partial charge in [0, 0.05) is 26.7 Å². The molecule has 2 rings (SSSR count). The summed E-state index contributed by atoms with van der Waals surface area (Å²) in [7, 11) is 1.60. The minimum atomic E-state index is -0.729. The fourth-order valence-electron chi connectivity index (χ4n) is 2.67. The number of esters is 1. The number of benzene rings is 1. The van der Waals surface area contributed by atoms with Crippen molar-refractivity contribution in [1.29, 1.82) is 0 Å². The maximum absolute atomic E-state index is 12.5. The van der Waals surface area contributed by atoms with E-state index in [-0.39, 0.29) is 18.4 Å². The molecule has 0 aromatic heterocycles. The van der Waals surface area contributed by atoms with Gasteiger partial charge in [-0.1, -0.05) is 30.3 Å². The van der Waals surface area contributed by atoms with E-state index in [0.29, 0.717) is 26.0 Å². The molecule has 1 saturated heterocycles. The Hall–Kier alpha value is -2.45. The Morgan fingerprint density at radius 1 is 1.19 bits per heavy atom. The number of methoxy groups -OCH3 is 1. The number of carbonyl (C=O) groups is 3. The monoisotopic (exact) mass is 377 g/mol. The number of ether oxygens (including phenoxy) is 2. The lowest BCUT2D eigenvalue weighted by atomic mass is 10.0. The summed E-state index contributed by atoms with van der Waals surface area (Å²) in [5.74, 6) is -1.11. The first-order chi connectivity index (χ1) is 13.1. The van der Waals surface area contributed by atoms with Crippen molar-refractivity contribution in [2.24, 2.45) is 0 Å². The topological polar surface area (TPSA) is 116 Å². The molecule has 0 unspecified atom stereocenters. The first-order valence-corrected chi connectivity index (χ1v) is 9.10. The Balaban J connectivity index is 1.94. The van der Waals surface area contributed by atoms with Crippen molar-refractivity contribution < 1.29 is 23.9 Å². The smallest absolute Gasteiger partial charge is 0.325 e. The molecular weight excluding hydrogens is 350 g/mol. The molecule has 27 heavy (non-hydrogen) atoms. The van der Waals surface area contributed by atoms with E-state index in [2.05, 4.69) is 16.0 Å². The first kappa shape index (κ1) is 20.9. The van der Waals surface area contributed by atoms with Gasteiger partial charge in [-0.3, -0.25) is 19.7 Å². The van der Waals surface area contributed by atoms with Crippen molar-refractivity contribution in [2.75, 3.05) is 26.9 Å². The van der Waals surface area contributed by atoms with Crippen LogP contribution in [0.5, 0.6) is 0 Å². The molecular formula is C19H27N3O5. The van der Waals surface area contributed by atoms with Gasteiger partial charge in [0.2, 0.25) is 11.8 Å². The van der Waals surface area contributed by atoms with Crippen molar-refractivity contribution in [3.05, 3.63) is 35.9 Å². The van der Waals surface area contributed by atoms with Gasteiger partial charge in [-0.15, -0.1) is 0 Å². The van der Waals surface area contributed by atoms with Gasteiger partial charge in [-0.25, -0.2) is 0 Å². The van der Waals surface area contributed by atoms with Gasteiger partial charge in [0.25, 0.3) is 0 Å². The summed E-state index contributed by atoms with van der Waals surface area (Å²) in [6.45, 7) is 2.97. The number of rotatable bonds is 11. The zero-order valence-corrected chi connectivity index (χ0v) is 15.7. The molecule has 0 spiro atoms. The van der Waals surface area contributed by atoms with Crippen LogP contribution in [0.2, 0.25) is 0 Å². The second kappa shape index (κ2) is 10.6. The van der Waals surface area contributed by atoms with Crippen molar-refractivity contribution in [3.63, 3.8) is 0 Å². The SMILES string of the molecule is CCOC(=O)[C@H]1N[C@@H]1C(=O)N[C@@H](Cc1ccccc1)C(=O)NCCCOC. The van der Waals surface area contributed by atoms with E-state index >= 15 is 0 Å². The Morgan fingerprint density at radius 3 is 2.59 bits per heavy atom. The highest BCUT2D eigenvalue weighted by molar-refractivity contribution is 5.97. The second-order valence-corrected chi connectivity index (χ2v) is 6.26. The molecule has 148 valence electrons. The van der Waals surface area contributed by atoms with Crippen LogP contribution in [-0.2, 0) is 30.3 Å². The summed E-state index contributed by atoms with van der Waals surface area (Å²) in [5, 5.41) is 8.34. The van der Waals surface area contributed by atoms with Crippen LogP contribution >= 0.6 is 0 Å². The predicted molar refractivity (Wildman–Crippen MR) is 98.9 cm³/mol. The molecule has 2 amide bonds. The van der Waals surface area contributed by atoms with E-state index in [9.17, 15) is 14.4 Å². The molecule has 1 aromatic carbocycles. The van der Waals surface area contributed by atoms with Crippen molar-refractivity contribution >= 4 is 17.8 Å². The Bertz CT molecular complexity index is 637. The van der Waals surface area contributed by atoms with Crippen LogP contribution in [0.3, 0.4) is 0 Å². The third-order valence-electron chi connectivity index (χ3n) is 4.15. The average Bonchev–Trinajstić information content (AvgIpc) is 3.47. The van der Waals surface area contributed by atoms with Gasteiger partial charge in [-0.2, -0.15) is 0 Å². The standard InChI is InChI=1S/C19H27N3O5/c1-3-27-19(25)16-15(22-16)18(24)21-14(12-13-8-5-4-6-9-13)17(23)20-10-7-11-26-2/h4-6,8-9,14-16,22H,3,7,10-12H2,1-2H3,(H,20,23)(H,21,24)/t14-,15-,16-/m0/s1. The van der Waals surface area contributed by atoms with E-state index in [0.717, 1.165) is 5.56 Å². The van der Waals surface area contributed by atoms with E-state index in [1.54, 1.807) is 14.0 Å². The number of carbonyl (C=O) groups excluding carboxylic acids is 3. The van der Waals surface area contributed by atoms with E-state index in [1.807, 2.05) is 30.3 Å². The maximum atomic E-state index is 12.5. The van der Waals surface area contributed by atoms with Crippen LogP contribution in [0, 0.1) is 0 Å². The number of hydrogen-bond donors (Lipinski definition) is 3. The maximum Gasteiger partial charge on any atom is 0.325 e. The number of hydrogen-bond acceptors (Lipinski definition) is 6. The summed E-state index contributed by atoms with van der Waals surface area (Å²) in [6, 6.07) is 7.40. The highest BCUT2D eigenvalue weighted by atomic mass is 16.5. The second-order valence-electron chi connectivity index (χ2n) is 6.26. The van der Waals surface area contributed by atoms with Crippen LogP contribution in [0.1, 0.15) is 18.9 Å². The highest BCUT2D eigenvalue weighted by Gasteiger charge is 2.49. The fraction of sp³-hybridized carbons (Fsp3) is 0.526. The van der Waals surface area contributed by atoms with Gasteiger partial charge in [0.1, 0.15) is 18.1 Å². The molecule has 8 nitrogen and oxygen atoms in total. The number of nitrogens with one attached hydrogen (secondary N) is 3. The van der Waals surface area contributed by atoms with Gasteiger partial charge < -0.3 is 20.1 Å². The Morgan fingerprint density at radius 2 is 1.93 bits per heavy atom. The molecule has 3 N–H and O–H groups in total. The molecule has 0 radical (unpaired) electrons. The van der Waals surface area contributed by atoms with Crippen LogP contribution in [0.15, 0.2) is 30.3 Å². The van der Waals surface area contributed by atoms with Crippen LogP contribution in [0.4, 0.5) is 0 Å². The summed E-state index contributed by atoms with van der Waals surface area (Å²) < 4.78 is 9.86. The predicted octanol–water partition coefficient (Wildman–Crippen LogP) is -0.230. The minimum absolute atomic E-state index is 0.256. The Labute approximate surface area is 159 Å². The van der Waals surface area contributed by atoms with Crippen molar-refractivity contribution in [2.45, 2.75) is 37.9 Å². The highest BCUT2D eigenvalue weighted by Crippen LogP contribution is 2.14. The summed E-state index contributed by atoms with van der Waals surface area (Å²) in [6.07, 6.45) is 1.04. The van der Waals surface area contributed by atoms with Gasteiger partial charge in [-0.05, 0) is 18.9 Å². The molecule has 1 heterocycles. The molecule has 0 aliphatic carbocycles. The minimum Gasteiger partial charge on any atom is -0.465 e. The van der Waals surface area contributed by atoms with Gasteiger partial charge in [0.15, 0.2) is 0 Å². The summed E-state index contributed by atoms with van der Waals surface area (Å²) >= 11 is 0.